The van der Waals surface area contributed by atoms with Crippen LogP contribution in [-0.2, 0) is 19.2 Å². The molecule has 1 aliphatic heterocycles. The van der Waals surface area contributed by atoms with E-state index in [0.717, 1.165) is 4.90 Å². The first-order valence-electron chi connectivity index (χ1n) is 8.16. The van der Waals surface area contributed by atoms with Crippen LogP contribution in [0.5, 0.6) is 0 Å². The van der Waals surface area contributed by atoms with Gasteiger partial charge in [-0.1, -0.05) is 27.7 Å². The van der Waals surface area contributed by atoms with Crippen molar-refractivity contribution in [1.29, 1.82) is 0 Å². The SMILES string of the molecule is CC(C(=O)O)C(C)C(=O)Nc1ccc(N2C(=O)C(C)C(C)C2=O)cc1. The summed E-state index contributed by atoms with van der Waals surface area (Å²) in [5.41, 5.74) is 0.925. The van der Waals surface area contributed by atoms with E-state index in [1.165, 1.54) is 6.92 Å². The minimum Gasteiger partial charge on any atom is -0.481 e. The van der Waals surface area contributed by atoms with Crippen LogP contribution in [0.3, 0.4) is 0 Å². The lowest BCUT2D eigenvalue weighted by atomic mass is 9.95. The zero-order valence-electron chi connectivity index (χ0n) is 14.6. The summed E-state index contributed by atoms with van der Waals surface area (Å²) in [6.07, 6.45) is 0. The van der Waals surface area contributed by atoms with Crippen LogP contribution in [0.4, 0.5) is 11.4 Å². The van der Waals surface area contributed by atoms with Gasteiger partial charge in [0.1, 0.15) is 0 Å². The molecule has 1 aliphatic rings. The van der Waals surface area contributed by atoms with Gasteiger partial charge in [0.15, 0.2) is 0 Å². The number of amides is 3. The number of carbonyl (C=O) groups is 4. The summed E-state index contributed by atoms with van der Waals surface area (Å²) in [4.78, 5) is 48.6. The van der Waals surface area contributed by atoms with Crippen molar-refractivity contribution < 1.29 is 24.3 Å². The van der Waals surface area contributed by atoms with Crippen LogP contribution in [-0.4, -0.2) is 28.8 Å². The van der Waals surface area contributed by atoms with Crippen LogP contribution < -0.4 is 10.2 Å². The minimum absolute atomic E-state index is 0.238. The third-order valence-electron chi connectivity index (χ3n) is 4.92. The number of aliphatic carboxylic acids is 1. The molecule has 0 aromatic heterocycles. The van der Waals surface area contributed by atoms with Crippen molar-refractivity contribution >= 4 is 35.1 Å². The number of nitrogens with one attached hydrogen (secondary N) is 1. The Balaban J connectivity index is 2.10. The molecule has 0 aliphatic carbocycles. The number of benzene rings is 1. The van der Waals surface area contributed by atoms with E-state index in [0.29, 0.717) is 11.4 Å². The highest BCUT2D eigenvalue weighted by Gasteiger charge is 2.42. The standard InChI is InChI=1S/C18H22N2O5/c1-9(12(4)18(24)25)15(21)19-13-5-7-14(8-6-13)20-16(22)10(2)11(3)17(20)23/h5-12H,1-4H3,(H,19,21)(H,24,25). The van der Waals surface area contributed by atoms with Crippen molar-refractivity contribution in [2.45, 2.75) is 27.7 Å². The Hall–Kier alpha value is -2.70. The molecular formula is C18H22N2O5. The van der Waals surface area contributed by atoms with Crippen molar-refractivity contribution in [2.75, 3.05) is 10.2 Å². The highest BCUT2D eigenvalue weighted by atomic mass is 16.4. The lowest BCUT2D eigenvalue weighted by Gasteiger charge is -2.17. The zero-order chi connectivity index (χ0) is 18.9. The molecule has 1 fully saturated rings. The van der Waals surface area contributed by atoms with Gasteiger partial charge in [-0.15, -0.1) is 0 Å². The van der Waals surface area contributed by atoms with E-state index in [2.05, 4.69) is 5.32 Å². The summed E-state index contributed by atoms with van der Waals surface area (Å²) in [7, 11) is 0. The second-order valence-electron chi connectivity index (χ2n) is 6.54. The Morgan fingerprint density at radius 3 is 1.92 bits per heavy atom. The molecule has 4 unspecified atom stereocenters. The summed E-state index contributed by atoms with van der Waals surface area (Å²) in [5.74, 6) is -4.12. The number of anilines is 2. The Bertz CT molecular complexity index is 693. The predicted octanol–water partition coefficient (Wildman–Crippen LogP) is 2.13. The van der Waals surface area contributed by atoms with Crippen molar-refractivity contribution in [2.24, 2.45) is 23.7 Å². The van der Waals surface area contributed by atoms with E-state index in [1.807, 2.05) is 0 Å². The molecule has 1 aromatic rings. The Kier molecular flexibility index (Phi) is 5.25. The maximum atomic E-state index is 12.2. The van der Waals surface area contributed by atoms with Gasteiger partial charge >= 0.3 is 5.97 Å². The summed E-state index contributed by atoms with van der Waals surface area (Å²) >= 11 is 0. The van der Waals surface area contributed by atoms with Gasteiger partial charge in [-0.25, -0.2) is 0 Å². The van der Waals surface area contributed by atoms with Crippen molar-refractivity contribution in [3.8, 4) is 0 Å². The van der Waals surface area contributed by atoms with Gasteiger partial charge in [0.05, 0.1) is 11.6 Å². The average Bonchev–Trinajstić information content (AvgIpc) is 2.77. The zero-order valence-corrected chi connectivity index (χ0v) is 14.6. The van der Waals surface area contributed by atoms with E-state index in [9.17, 15) is 19.2 Å². The molecule has 7 nitrogen and oxygen atoms in total. The second-order valence-corrected chi connectivity index (χ2v) is 6.54. The summed E-state index contributed by atoms with van der Waals surface area (Å²) in [5, 5.41) is 11.6. The molecule has 1 saturated heterocycles. The molecule has 0 bridgehead atoms. The van der Waals surface area contributed by atoms with Crippen LogP contribution in [0.15, 0.2) is 24.3 Å². The van der Waals surface area contributed by atoms with Crippen molar-refractivity contribution in [3.63, 3.8) is 0 Å². The fourth-order valence-corrected chi connectivity index (χ4v) is 2.59. The van der Waals surface area contributed by atoms with E-state index >= 15 is 0 Å². The molecule has 2 rings (SSSR count). The van der Waals surface area contributed by atoms with Gasteiger partial charge in [0, 0.05) is 23.4 Å². The lowest BCUT2D eigenvalue weighted by Crippen LogP contribution is -2.31. The first-order chi connectivity index (χ1) is 11.6. The van der Waals surface area contributed by atoms with E-state index in [-0.39, 0.29) is 23.7 Å². The molecule has 1 heterocycles. The number of rotatable bonds is 5. The highest BCUT2D eigenvalue weighted by molar-refractivity contribution is 6.21. The number of nitrogens with zero attached hydrogens (tertiary/aromatic N) is 1. The summed E-state index contributed by atoms with van der Waals surface area (Å²) in [6.45, 7) is 6.48. The van der Waals surface area contributed by atoms with E-state index in [1.54, 1.807) is 45.0 Å². The lowest BCUT2D eigenvalue weighted by molar-refractivity contribution is -0.145. The first kappa shape index (κ1) is 18.6. The Morgan fingerprint density at radius 1 is 1.00 bits per heavy atom. The number of carbonyl (C=O) groups excluding carboxylic acids is 3. The summed E-state index contributed by atoms with van der Waals surface area (Å²) < 4.78 is 0. The van der Waals surface area contributed by atoms with Gasteiger partial charge in [-0.05, 0) is 24.3 Å². The molecule has 25 heavy (non-hydrogen) atoms. The predicted molar refractivity (Wildman–Crippen MR) is 91.9 cm³/mol. The number of hydrogen-bond acceptors (Lipinski definition) is 4. The quantitative estimate of drug-likeness (QED) is 0.795. The monoisotopic (exact) mass is 346 g/mol. The molecule has 0 spiro atoms. The topological polar surface area (TPSA) is 104 Å². The smallest absolute Gasteiger partial charge is 0.307 e. The second kappa shape index (κ2) is 7.04. The molecule has 7 heteroatoms. The summed E-state index contributed by atoms with van der Waals surface area (Å²) in [6, 6.07) is 6.34. The van der Waals surface area contributed by atoms with Crippen molar-refractivity contribution in [3.05, 3.63) is 24.3 Å². The molecule has 2 N–H and O–H groups in total. The third-order valence-corrected chi connectivity index (χ3v) is 4.92. The van der Waals surface area contributed by atoms with Crippen LogP contribution in [0, 0.1) is 23.7 Å². The molecule has 4 atom stereocenters. The molecule has 3 amide bonds. The number of carboxylic acids is 1. The molecule has 1 aromatic carbocycles. The van der Waals surface area contributed by atoms with Crippen molar-refractivity contribution in [1.82, 2.24) is 0 Å². The molecule has 134 valence electrons. The van der Waals surface area contributed by atoms with Gasteiger partial charge in [0.25, 0.3) is 0 Å². The highest BCUT2D eigenvalue weighted by Crippen LogP contribution is 2.31. The van der Waals surface area contributed by atoms with Gasteiger partial charge in [-0.3, -0.25) is 24.1 Å². The van der Waals surface area contributed by atoms with Gasteiger partial charge < -0.3 is 10.4 Å². The fourth-order valence-electron chi connectivity index (χ4n) is 2.59. The fraction of sp³-hybridized carbons (Fsp3) is 0.444. The van der Waals surface area contributed by atoms with E-state index in [4.69, 9.17) is 5.11 Å². The molecular weight excluding hydrogens is 324 g/mol. The maximum absolute atomic E-state index is 12.2. The van der Waals surface area contributed by atoms with Crippen LogP contribution in [0.1, 0.15) is 27.7 Å². The first-order valence-corrected chi connectivity index (χ1v) is 8.16. The van der Waals surface area contributed by atoms with Crippen LogP contribution >= 0.6 is 0 Å². The Labute approximate surface area is 146 Å². The van der Waals surface area contributed by atoms with Crippen LogP contribution in [0.25, 0.3) is 0 Å². The largest absolute Gasteiger partial charge is 0.481 e. The van der Waals surface area contributed by atoms with E-state index < -0.39 is 23.7 Å². The molecule has 0 saturated carbocycles. The number of carboxylic acid groups (broad SMARTS) is 1. The van der Waals surface area contributed by atoms with Gasteiger partial charge in [-0.2, -0.15) is 0 Å². The van der Waals surface area contributed by atoms with Gasteiger partial charge in [0.2, 0.25) is 17.7 Å². The average molecular weight is 346 g/mol. The number of imide groups is 1. The minimum atomic E-state index is -1.03. The maximum Gasteiger partial charge on any atom is 0.307 e. The normalized spacial score (nSPS) is 22.6. The van der Waals surface area contributed by atoms with Crippen LogP contribution in [0.2, 0.25) is 0 Å². The Morgan fingerprint density at radius 2 is 1.48 bits per heavy atom. The molecule has 0 radical (unpaired) electrons. The number of hydrogen-bond donors (Lipinski definition) is 2. The third kappa shape index (κ3) is 3.55.